The maximum absolute atomic E-state index is 11.2. The second-order valence-corrected chi connectivity index (χ2v) is 4.40. The summed E-state index contributed by atoms with van der Waals surface area (Å²) in [4.78, 5) is 13.5. The van der Waals surface area contributed by atoms with E-state index >= 15 is 0 Å². The van der Waals surface area contributed by atoms with E-state index < -0.39 is 0 Å². The molecule has 5 nitrogen and oxygen atoms in total. The molecule has 1 rings (SSSR count). The van der Waals surface area contributed by atoms with Gasteiger partial charge in [-0.3, -0.25) is 10.0 Å². The lowest BCUT2D eigenvalue weighted by molar-refractivity contribution is -0.130. The van der Waals surface area contributed by atoms with Gasteiger partial charge in [-0.05, 0) is 46.4 Å². The highest BCUT2D eigenvalue weighted by atomic mass is 16.5. The Morgan fingerprint density at radius 1 is 1.47 bits per heavy atom. The standard InChI is InChI=1S/C10H21N3O2/c1-11-10(8-9(14)12-15)4-3-6-13(2)7-5-10/h11,15H,3-8H2,1-2H3,(H,12,14). The Labute approximate surface area is 90.8 Å². The summed E-state index contributed by atoms with van der Waals surface area (Å²) >= 11 is 0. The molecular formula is C10H21N3O2. The number of carbonyl (C=O) groups is 1. The third kappa shape index (κ3) is 3.44. The quantitative estimate of drug-likeness (QED) is 0.456. The van der Waals surface area contributed by atoms with Crippen LogP contribution in [0.5, 0.6) is 0 Å². The zero-order chi connectivity index (χ0) is 11.3. The first-order valence-electron chi connectivity index (χ1n) is 5.42. The third-order valence-corrected chi connectivity index (χ3v) is 3.32. The van der Waals surface area contributed by atoms with E-state index in [4.69, 9.17) is 5.21 Å². The smallest absolute Gasteiger partial charge is 0.245 e. The van der Waals surface area contributed by atoms with Crippen molar-refractivity contribution in [3.05, 3.63) is 0 Å². The van der Waals surface area contributed by atoms with Gasteiger partial charge < -0.3 is 10.2 Å². The van der Waals surface area contributed by atoms with Crippen molar-refractivity contribution in [3.63, 3.8) is 0 Å². The van der Waals surface area contributed by atoms with Crippen LogP contribution in [0.2, 0.25) is 0 Å². The van der Waals surface area contributed by atoms with Gasteiger partial charge in [-0.25, -0.2) is 5.48 Å². The fraction of sp³-hybridized carbons (Fsp3) is 0.900. The highest BCUT2D eigenvalue weighted by molar-refractivity contribution is 5.75. The minimum absolute atomic E-state index is 0.155. The van der Waals surface area contributed by atoms with E-state index in [0.29, 0.717) is 6.42 Å². The summed E-state index contributed by atoms with van der Waals surface area (Å²) in [5, 5.41) is 11.8. The minimum atomic E-state index is -0.311. The molecule has 0 aromatic carbocycles. The fourth-order valence-corrected chi connectivity index (χ4v) is 2.19. The largest absolute Gasteiger partial charge is 0.314 e. The molecule has 0 spiro atoms. The molecule has 0 aliphatic carbocycles. The van der Waals surface area contributed by atoms with E-state index in [1.807, 2.05) is 7.05 Å². The maximum Gasteiger partial charge on any atom is 0.245 e. The van der Waals surface area contributed by atoms with E-state index in [-0.39, 0.29) is 11.4 Å². The summed E-state index contributed by atoms with van der Waals surface area (Å²) in [6, 6.07) is 0. The molecule has 1 aliphatic rings. The molecule has 1 unspecified atom stereocenters. The molecule has 1 amide bonds. The van der Waals surface area contributed by atoms with Gasteiger partial charge >= 0.3 is 0 Å². The van der Waals surface area contributed by atoms with Crippen LogP contribution in [0.25, 0.3) is 0 Å². The monoisotopic (exact) mass is 215 g/mol. The van der Waals surface area contributed by atoms with Crippen molar-refractivity contribution in [1.29, 1.82) is 0 Å². The van der Waals surface area contributed by atoms with Gasteiger partial charge in [-0.1, -0.05) is 0 Å². The van der Waals surface area contributed by atoms with E-state index in [1.54, 1.807) is 5.48 Å². The van der Waals surface area contributed by atoms with E-state index in [9.17, 15) is 4.79 Å². The van der Waals surface area contributed by atoms with Crippen molar-refractivity contribution in [1.82, 2.24) is 15.7 Å². The lowest BCUT2D eigenvalue weighted by Gasteiger charge is -2.31. The molecule has 5 heteroatoms. The molecule has 0 radical (unpaired) electrons. The van der Waals surface area contributed by atoms with Crippen molar-refractivity contribution in [2.75, 3.05) is 27.2 Å². The highest BCUT2D eigenvalue weighted by Gasteiger charge is 2.32. The van der Waals surface area contributed by atoms with Gasteiger partial charge in [0.25, 0.3) is 0 Å². The van der Waals surface area contributed by atoms with Gasteiger partial charge in [0.1, 0.15) is 0 Å². The number of nitrogens with zero attached hydrogens (tertiary/aromatic N) is 1. The van der Waals surface area contributed by atoms with Gasteiger partial charge in [0.05, 0.1) is 0 Å². The Morgan fingerprint density at radius 3 is 2.80 bits per heavy atom. The minimum Gasteiger partial charge on any atom is -0.314 e. The molecule has 0 aromatic heterocycles. The number of hydrogen-bond acceptors (Lipinski definition) is 4. The number of carbonyl (C=O) groups excluding carboxylic acids is 1. The van der Waals surface area contributed by atoms with Crippen LogP contribution in [0.1, 0.15) is 25.7 Å². The van der Waals surface area contributed by atoms with Gasteiger partial charge in [0.2, 0.25) is 5.91 Å². The Kier molecular flexibility index (Phi) is 4.50. The summed E-state index contributed by atoms with van der Waals surface area (Å²) in [5.41, 5.74) is 1.56. The first-order valence-corrected chi connectivity index (χ1v) is 5.42. The van der Waals surface area contributed by atoms with Crippen LogP contribution in [0.15, 0.2) is 0 Å². The highest BCUT2D eigenvalue weighted by Crippen LogP contribution is 2.24. The van der Waals surface area contributed by atoms with Crippen LogP contribution in [-0.4, -0.2) is 48.7 Å². The number of nitrogens with one attached hydrogen (secondary N) is 2. The zero-order valence-electron chi connectivity index (χ0n) is 9.55. The molecular weight excluding hydrogens is 194 g/mol. The van der Waals surface area contributed by atoms with Crippen molar-refractivity contribution in [3.8, 4) is 0 Å². The molecule has 88 valence electrons. The topological polar surface area (TPSA) is 64.6 Å². The summed E-state index contributed by atoms with van der Waals surface area (Å²) in [7, 11) is 3.98. The summed E-state index contributed by atoms with van der Waals surface area (Å²) in [6.07, 6.45) is 3.33. The van der Waals surface area contributed by atoms with Crippen LogP contribution in [0, 0.1) is 0 Å². The van der Waals surface area contributed by atoms with Crippen LogP contribution < -0.4 is 10.8 Å². The van der Waals surface area contributed by atoms with Crippen molar-refractivity contribution >= 4 is 5.91 Å². The Balaban J connectivity index is 2.61. The lowest BCUT2D eigenvalue weighted by atomic mass is 9.87. The number of hydrogen-bond donors (Lipinski definition) is 3. The molecule has 1 fully saturated rings. The van der Waals surface area contributed by atoms with E-state index in [1.165, 1.54) is 0 Å². The van der Waals surface area contributed by atoms with Crippen LogP contribution in [-0.2, 0) is 4.79 Å². The Bertz CT molecular complexity index is 223. The summed E-state index contributed by atoms with van der Waals surface area (Å²) < 4.78 is 0. The average molecular weight is 215 g/mol. The molecule has 15 heavy (non-hydrogen) atoms. The van der Waals surface area contributed by atoms with Crippen molar-refractivity contribution < 1.29 is 10.0 Å². The Hall–Kier alpha value is -0.650. The predicted molar refractivity (Wildman–Crippen MR) is 57.7 cm³/mol. The van der Waals surface area contributed by atoms with Gasteiger partial charge in [0.15, 0.2) is 0 Å². The normalized spacial score (nSPS) is 28.5. The van der Waals surface area contributed by atoms with Crippen molar-refractivity contribution in [2.45, 2.75) is 31.2 Å². The Morgan fingerprint density at radius 2 is 2.20 bits per heavy atom. The lowest BCUT2D eigenvalue weighted by Crippen LogP contribution is -2.47. The second kappa shape index (κ2) is 5.44. The van der Waals surface area contributed by atoms with E-state index in [0.717, 1.165) is 32.4 Å². The molecule has 0 aromatic rings. The second-order valence-electron chi connectivity index (χ2n) is 4.40. The fourth-order valence-electron chi connectivity index (χ4n) is 2.19. The number of hydroxylamine groups is 1. The number of amides is 1. The van der Waals surface area contributed by atoms with Crippen LogP contribution >= 0.6 is 0 Å². The third-order valence-electron chi connectivity index (χ3n) is 3.32. The summed E-state index contributed by atoms with van der Waals surface area (Å²) in [5.74, 6) is -0.311. The van der Waals surface area contributed by atoms with Crippen molar-refractivity contribution in [2.24, 2.45) is 0 Å². The summed E-state index contributed by atoms with van der Waals surface area (Å²) in [6.45, 7) is 2.06. The zero-order valence-corrected chi connectivity index (χ0v) is 9.55. The molecule has 0 saturated carbocycles. The maximum atomic E-state index is 11.2. The molecule has 0 bridgehead atoms. The number of likely N-dealkylation sites (tertiary alicyclic amines) is 1. The molecule has 1 saturated heterocycles. The van der Waals surface area contributed by atoms with Crippen LogP contribution in [0.3, 0.4) is 0 Å². The first-order chi connectivity index (χ1) is 7.12. The van der Waals surface area contributed by atoms with E-state index in [2.05, 4.69) is 17.3 Å². The van der Waals surface area contributed by atoms with Crippen LogP contribution in [0.4, 0.5) is 0 Å². The first kappa shape index (κ1) is 12.4. The predicted octanol–water partition coefficient (Wildman–Crippen LogP) is -0.0442. The molecule has 1 aliphatic heterocycles. The average Bonchev–Trinajstić information content (AvgIpc) is 2.42. The molecule has 3 N–H and O–H groups in total. The number of rotatable bonds is 3. The molecule has 1 heterocycles. The van der Waals surface area contributed by atoms with Gasteiger partial charge in [-0.2, -0.15) is 0 Å². The van der Waals surface area contributed by atoms with Gasteiger partial charge in [0, 0.05) is 12.0 Å². The van der Waals surface area contributed by atoms with Gasteiger partial charge in [-0.15, -0.1) is 0 Å². The molecule has 1 atom stereocenters. The SMILES string of the molecule is CNC1(CC(=O)NO)CCCN(C)CC1.